The Morgan fingerprint density at radius 1 is 1.07 bits per heavy atom. The molecule has 5 rings (SSSR count). The van der Waals surface area contributed by atoms with Crippen molar-refractivity contribution in [3.05, 3.63) is 83.7 Å². The van der Waals surface area contributed by atoms with Crippen LogP contribution in [0, 0.1) is 13.8 Å². The van der Waals surface area contributed by atoms with Crippen LogP contribution in [0.2, 0.25) is 0 Å². The zero-order valence-electron chi connectivity index (χ0n) is 23.4. The first kappa shape index (κ1) is 28.2. The van der Waals surface area contributed by atoms with Crippen LogP contribution in [0.1, 0.15) is 16.7 Å². The zero-order chi connectivity index (χ0) is 29.1. The molecule has 1 aliphatic heterocycles. The molecule has 12 heteroatoms. The highest BCUT2D eigenvalue weighted by Crippen LogP contribution is 2.30. The molecule has 2 aromatic heterocycles. The number of likely N-dealkylation sites (N-methyl/N-ethyl adjacent to an activating group) is 1. The summed E-state index contributed by atoms with van der Waals surface area (Å²) in [5.74, 6) is 0.0995. The predicted octanol–water partition coefficient (Wildman–Crippen LogP) is 2.72. The molecule has 4 aromatic rings. The van der Waals surface area contributed by atoms with Crippen molar-refractivity contribution < 1.29 is 17.9 Å². The monoisotopic (exact) mass is 575 g/mol. The summed E-state index contributed by atoms with van der Waals surface area (Å²) < 4.78 is 36.0. The number of hydrogen-bond donors (Lipinski definition) is 2. The van der Waals surface area contributed by atoms with Crippen molar-refractivity contribution in [2.75, 3.05) is 24.9 Å². The Morgan fingerprint density at radius 3 is 2.41 bits per heavy atom. The Balaban J connectivity index is 1.35. The van der Waals surface area contributed by atoms with Gasteiger partial charge in [0.2, 0.25) is 17.7 Å². The number of rotatable bonds is 10. The van der Waals surface area contributed by atoms with Gasteiger partial charge in [-0.25, -0.2) is 18.1 Å². The standard InChI is InChI=1S/C29H33N7O4S/c1-19-9-8-10-20(2)27(19)24-14-26(33-29(32-24)34-41(38,39)23-15-31-35(4)18-23)40-22-16-36(17-22)28(37)25(30-3)13-21-11-6-5-7-12-21/h5-12,14-15,18,22,25,30H,13,16-17H2,1-4H3,(H,32,33,34)/t25-/m0/s1. The number of amides is 1. The van der Waals surface area contributed by atoms with Crippen molar-refractivity contribution >= 4 is 21.9 Å². The maximum Gasteiger partial charge on any atom is 0.267 e. The molecule has 214 valence electrons. The van der Waals surface area contributed by atoms with Gasteiger partial charge in [0.05, 0.1) is 31.0 Å². The van der Waals surface area contributed by atoms with Gasteiger partial charge in [0.15, 0.2) is 0 Å². The number of nitrogens with zero attached hydrogens (tertiary/aromatic N) is 5. The van der Waals surface area contributed by atoms with Crippen LogP contribution in [-0.4, -0.2) is 71.3 Å². The van der Waals surface area contributed by atoms with Crippen LogP contribution in [0.15, 0.2) is 71.9 Å². The average molecular weight is 576 g/mol. The SMILES string of the molecule is CN[C@@H](Cc1ccccc1)C(=O)N1CC(Oc2cc(-c3c(C)cccc3C)nc(NS(=O)(=O)c3cnn(C)c3)n2)C1. The summed E-state index contributed by atoms with van der Waals surface area (Å²) in [7, 11) is -0.564. The van der Waals surface area contributed by atoms with Crippen LogP contribution >= 0.6 is 0 Å². The van der Waals surface area contributed by atoms with Gasteiger partial charge in [-0.05, 0) is 44.0 Å². The lowest BCUT2D eigenvalue weighted by atomic mass is 10.00. The number of hydrogen-bond acceptors (Lipinski definition) is 8. The molecule has 11 nitrogen and oxygen atoms in total. The molecule has 1 saturated heterocycles. The molecule has 41 heavy (non-hydrogen) atoms. The minimum absolute atomic E-state index is 0.0000319. The van der Waals surface area contributed by atoms with Crippen molar-refractivity contribution in [2.45, 2.75) is 37.3 Å². The van der Waals surface area contributed by atoms with E-state index in [1.807, 2.05) is 62.4 Å². The third kappa shape index (κ3) is 6.39. The molecule has 3 heterocycles. The highest BCUT2D eigenvalue weighted by atomic mass is 32.2. The van der Waals surface area contributed by atoms with Gasteiger partial charge in [0.25, 0.3) is 10.0 Å². The number of benzene rings is 2. The van der Waals surface area contributed by atoms with Crippen molar-refractivity contribution in [3.8, 4) is 17.1 Å². The third-order valence-electron chi connectivity index (χ3n) is 7.03. The first-order valence-corrected chi connectivity index (χ1v) is 14.7. The van der Waals surface area contributed by atoms with E-state index in [0.29, 0.717) is 25.2 Å². The number of likely N-dealkylation sites (tertiary alicyclic amines) is 1. The quantitative estimate of drug-likeness (QED) is 0.295. The first-order chi connectivity index (χ1) is 19.6. The second-order valence-corrected chi connectivity index (χ2v) is 11.8. The number of nitrogens with one attached hydrogen (secondary N) is 2. The number of anilines is 1. The molecule has 0 spiro atoms. The Hall–Kier alpha value is -4.29. The molecule has 1 aliphatic rings. The Labute approximate surface area is 239 Å². The number of ether oxygens (including phenoxy) is 1. The first-order valence-electron chi connectivity index (χ1n) is 13.3. The maximum atomic E-state index is 13.1. The van der Waals surface area contributed by atoms with Crippen LogP contribution in [0.4, 0.5) is 5.95 Å². The maximum absolute atomic E-state index is 13.1. The summed E-state index contributed by atoms with van der Waals surface area (Å²) >= 11 is 0. The molecule has 0 saturated carbocycles. The predicted molar refractivity (Wildman–Crippen MR) is 155 cm³/mol. The van der Waals surface area contributed by atoms with Gasteiger partial charge in [-0.15, -0.1) is 0 Å². The van der Waals surface area contributed by atoms with Crippen LogP contribution in [0.3, 0.4) is 0 Å². The topological polar surface area (TPSA) is 131 Å². The van der Waals surface area contributed by atoms with Crippen molar-refractivity contribution in [2.24, 2.45) is 7.05 Å². The average Bonchev–Trinajstić information content (AvgIpc) is 3.36. The Kier molecular flexibility index (Phi) is 8.04. The van der Waals surface area contributed by atoms with Crippen molar-refractivity contribution in [1.82, 2.24) is 30.0 Å². The molecule has 0 unspecified atom stereocenters. The second kappa shape index (κ2) is 11.7. The van der Waals surface area contributed by atoms with Gasteiger partial charge in [-0.1, -0.05) is 48.5 Å². The van der Waals surface area contributed by atoms with E-state index in [-0.39, 0.29) is 34.8 Å². The summed E-state index contributed by atoms with van der Waals surface area (Å²) in [6.45, 7) is 4.72. The summed E-state index contributed by atoms with van der Waals surface area (Å²) in [5, 5.41) is 7.07. The van der Waals surface area contributed by atoms with E-state index >= 15 is 0 Å². The number of aryl methyl sites for hydroxylation is 3. The molecular formula is C29H33N7O4S. The molecule has 1 amide bonds. The van der Waals surface area contributed by atoms with Gasteiger partial charge in [-0.2, -0.15) is 10.1 Å². The zero-order valence-corrected chi connectivity index (χ0v) is 24.2. The summed E-state index contributed by atoms with van der Waals surface area (Å²) in [6, 6.07) is 17.1. The number of sulfonamides is 1. The van der Waals surface area contributed by atoms with Crippen molar-refractivity contribution in [3.63, 3.8) is 0 Å². The van der Waals surface area contributed by atoms with Crippen LogP contribution in [0.25, 0.3) is 11.3 Å². The summed E-state index contributed by atoms with van der Waals surface area (Å²) in [6.07, 6.45) is 2.94. The fourth-order valence-corrected chi connectivity index (χ4v) is 5.77. The fraction of sp³-hybridized carbons (Fsp3) is 0.310. The number of aromatic nitrogens is 4. The second-order valence-electron chi connectivity index (χ2n) is 10.2. The Morgan fingerprint density at radius 2 is 1.78 bits per heavy atom. The van der Waals surface area contributed by atoms with Gasteiger partial charge in [0, 0.05) is 24.9 Å². The van der Waals surface area contributed by atoms with E-state index < -0.39 is 10.0 Å². The largest absolute Gasteiger partial charge is 0.470 e. The van der Waals surface area contributed by atoms with E-state index in [0.717, 1.165) is 22.3 Å². The molecule has 1 atom stereocenters. The molecule has 2 N–H and O–H groups in total. The van der Waals surface area contributed by atoms with E-state index in [1.54, 1.807) is 25.1 Å². The van der Waals surface area contributed by atoms with Crippen LogP contribution in [-0.2, 0) is 28.3 Å². The molecule has 1 fully saturated rings. The van der Waals surface area contributed by atoms with E-state index in [9.17, 15) is 13.2 Å². The molecule has 0 radical (unpaired) electrons. The van der Waals surface area contributed by atoms with Gasteiger partial charge >= 0.3 is 0 Å². The smallest absolute Gasteiger partial charge is 0.267 e. The lowest BCUT2D eigenvalue weighted by Crippen LogP contribution is -2.60. The van der Waals surface area contributed by atoms with E-state index in [4.69, 9.17) is 4.74 Å². The molecular weight excluding hydrogens is 542 g/mol. The van der Waals surface area contributed by atoms with E-state index in [1.165, 1.54) is 17.1 Å². The number of carbonyl (C=O) groups excluding carboxylic acids is 1. The molecule has 2 aromatic carbocycles. The lowest BCUT2D eigenvalue weighted by molar-refractivity contribution is -0.142. The summed E-state index contributed by atoms with van der Waals surface area (Å²) in [5.41, 5.74) is 4.43. The van der Waals surface area contributed by atoms with E-state index in [2.05, 4.69) is 25.1 Å². The van der Waals surface area contributed by atoms with Crippen LogP contribution < -0.4 is 14.8 Å². The lowest BCUT2D eigenvalue weighted by Gasteiger charge is -2.40. The molecule has 0 bridgehead atoms. The van der Waals surface area contributed by atoms with Crippen molar-refractivity contribution in [1.29, 1.82) is 0 Å². The minimum atomic E-state index is -3.98. The highest BCUT2D eigenvalue weighted by molar-refractivity contribution is 7.92. The Bertz CT molecular complexity index is 1630. The normalized spacial score (nSPS) is 14.4. The van der Waals surface area contributed by atoms with Gasteiger partial charge in [-0.3, -0.25) is 9.48 Å². The third-order valence-corrected chi connectivity index (χ3v) is 8.32. The highest BCUT2D eigenvalue weighted by Gasteiger charge is 2.36. The molecule has 0 aliphatic carbocycles. The summed E-state index contributed by atoms with van der Waals surface area (Å²) in [4.78, 5) is 23.8. The minimum Gasteiger partial charge on any atom is -0.470 e. The van der Waals surface area contributed by atoms with Gasteiger partial charge < -0.3 is 15.0 Å². The number of carbonyl (C=O) groups is 1. The van der Waals surface area contributed by atoms with Gasteiger partial charge in [0.1, 0.15) is 11.0 Å². The van der Waals surface area contributed by atoms with Crippen LogP contribution in [0.5, 0.6) is 5.88 Å². The fourth-order valence-electron chi connectivity index (χ4n) is 4.84.